The number of phenolic OH excluding ortho intramolecular Hbond substituents is 1. The molecule has 19 heavy (non-hydrogen) atoms. The van der Waals surface area contributed by atoms with Crippen molar-refractivity contribution in [2.75, 3.05) is 13.2 Å². The summed E-state index contributed by atoms with van der Waals surface area (Å²) in [5.41, 5.74) is 0. The van der Waals surface area contributed by atoms with Gasteiger partial charge in [0.1, 0.15) is 18.0 Å². The van der Waals surface area contributed by atoms with E-state index in [1.165, 1.54) is 29.2 Å². The number of nitrogens with zero attached hydrogens (tertiary/aromatic N) is 1. The third-order valence-corrected chi connectivity index (χ3v) is 2.45. The molecule has 0 aliphatic rings. The van der Waals surface area contributed by atoms with Gasteiger partial charge in [0.2, 0.25) is 0 Å². The van der Waals surface area contributed by atoms with E-state index in [4.69, 9.17) is 14.9 Å². The van der Waals surface area contributed by atoms with Gasteiger partial charge in [-0.2, -0.15) is 0 Å². The summed E-state index contributed by atoms with van der Waals surface area (Å²) in [6.07, 6.45) is 0. The fraction of sp³-hybridized carbons (Fsp3) is 0.385. The topological polar surface area (TPSA) is 87.1 Å². The summed E-state index contributed by atoms with van der Waals surface area (Å²) >= 11 is 0. The smallest absolute Gasteiger partial charge is 0.323 e. The maximum atomic E-state index is 11.8. The molecule has 0 atom stereocenters. The molecule has 1 amide bonds. The molecule has 0 bridgehead atoms. The van der Waals surface area contributed by atoms with Gasteiger partial charge >= 0.3 is 5.97 Å². The number of carbonyl (C=O) groups is 2. The highest BCUT2D eigenvalue weighted by Gasteiger charge is 2.20. The molecule has 0 aliphatic carbocycles. The quantitative estimate of drug-likeness (QED) is 0.805. The van der Waals surface area contributed by atoms with E-state index in [9.17, 15) is 9.59 Å². The second kappa shape index (κ2) is 6.63. The zero-order valence-electron chi connectivity index (χ0n) is 10.9. The van der Waals surface area contributed by atoms with Crippen LogP contribution in [-0.4, -0.2) is 46.2 Å². The van der Waals surface area contributed by atoms with Crippen molar-refractivity contribution in [1.29, 1.82) is 0 Å². The van der Waals surface area contributed by atoms with Gasteiger partial charge in [-0.1, -0.05) is 0 Å². The third-order valence-electron chi connectivity index (χ3n) is 2.45. The summed E-state index contributed by atoms with van der Waals surface area (Å²) in [7, 11) is 0. The number of carboxylic acid groups (broad SMARTS) is 1. The Labute approximate surface area is 111 Å². The summed E-state index contributed by atoms with van der Waals surface area (Å²) in [5, 5.41) is 17.8. The molecule has 104 valence electrons. The average molecular weight is 267 g/mol. The van der Waals surface area contributed by atoms with Crippen molar-refractivity contribution < 1.29 is 24.5 Å². The summed E-state index contributed by atoms with van der Waals surface area (Å²) in [6.45, 7) is 2.88. The van der Waals surface area contributed by atoms with E-state index in [1.807, 2.05) is 0 Å². The van der Waals surface area contributed by atoms with Crippen molar-refractivity contribution in [3.63, 3.8) is 0 Å². The largest absolute Gasteiger partial charge is 0.508 e. The molecule has 0 aromatic heterocycles. The molecular formula is C13H17NO5. The average Bonchev–Trinajstić information content (AvgIpc) is 2.34. The van der Waals surface area contributed by atoms with Crippen LogP contribution in [0.4, 0.5) is 0 Å². The molecule has 0 saturated carbocycles. The van der Waals surface area contributed by atoms with Gasteiger partial charge in [-0.25, -0.2) is 0 Å². The van der Waals surface area contributed by atoms with E-state index in [2.05, 4.69) is 0 Å². The monoisotopic (exact) mass is 267 g/mol. The Bertz CT molecular complexity index is 441. The molecule has 1 rings (SSSR count). The Hall–Kier alpha value is -2.24. The number of aliphatic carboxylic acids is 1. The molecule has 0 fully saturated rings. The van der Waals surface area contributed by atoms with Crippen LogP contribution in [-0.2, 0) is 9.59 Å². The second-order valence-corrected chi connectivity index (χ2v) is 4.29. The normalized spacial score (nSPS) is 10.3. The molecule has 0 radical (unpaired) electrons. The zero-order valence-corrected chi connectivity index (χ0v) is 10.9. The maximum Gasteiger partial charge on any atom is 0.323 e. The van der Waals surface area contributed by atoms with Gasteiger partial charge in [0, 0.05) is 6.04 Å². The van der Waals surface area contributed by atoms with E-state index in [1.54, 1.807) is 13.8 Å². The van der Waals surface area contributed by atoms with Crippen LogP contribution in [0.3, 0.4) is 0 Å². The Kier molecular flexibility index (Phi) is 5.17. The molecule has 0 heterocycles. The van der Waals surface area contributed by atoms with Crippen LogP contribution in [0.25, 0.3) is 0 Å². The predicted molar refractivity (Wildman–Crippen MR) is 68.1 cm³/mol. The Morgan fingerprint density at radius 1 is 1.26 bits per heavy atom. The second-order valence-electron chi connectivity index (χ2n) is 4.29. The summed E-state index contributed by atoms with van der Waals surface area (Å²) < 4.78 is 5.24. The number of amides is 1. The van der Waals surface area contributed by atoms with Crippen LogP contribution in [0.5, 0.6) is 11.5 Å². The van der Waals surface area contributed by atoms with Gasteiger partial charge in [0.15, 0.2) is 6.61 Å². The molecular weight excluding hydrogens is 250 g/mol. The number of aromatic hydroxyl groups is 1. The van der Waals surface area contributed by atoms with Gasteiger partial charge in [-0.15, -0.1) is 0 Å². The van der Waals surface area contributed by atoms with E-state index >= 15 is 0 Å². The van der Waals surface area contributed by atoms with Crippen LogP contribution in [0.15, 0.2) is 24.3 Å². The van der Waals surface area contributed by atoms with E-state index in [-0.39, 0.29) is 24.9 Å². The molecule has 0 saturated heterocycles. The summed E-state index contributed by atoms with van der Waals surface area (Å²) in [5.74, 6) is -0.921. The first-order valence-corrected chi connectivity index (χ1v) is 5.83. The van der Waals surface area contributed by atoms with Crippen LogP contribution < -0.4 is 4.74 Å². The molecule has 0 unspecified atom stereocenters. The summed E-state index contributed by atoms with van der Waals surface area (Å²) in [4.78, 5) is 23.7. The SMILES string of the molecule is CC(C)N(CC(=O)O)C(=O)COc1ccc(O)cc1. The van der Waals surface area contributed by atoms with Gasteiger partial charge in [0.25, 0.3) is 5.91 Å². The van der Waals surface area contributed by atoms with Crippen LogP contribution in [0.1, 0.15) is 13.8 Å². The molecule has 0 aliphatic heterocycles. The maximum absolute atomic E-state index is 11.8. The van der Waals surface area contributed by atoms with Gasteiger partial charge in [-0.05, 0) is 38.1 Å². The molecule has 6 heteroatoms. The Balaban J connectivity index is 2.57. The minimum Gasteiger partial charge on any atom is -0.508 e. The molecule has 1 aromatic rings. The van der Waals surface area contributed by atoms with Gasteiger partial charge in [0.05, 0.1) is 0 Å². The number of rotatable bonds is 6. The van der Waals surface area contributed by atoms with Crippen molar-refractivity contribution in [2.45, 2.75) is 19.9 Å². The van der Waals surface area contributed by atoms with Crippen molar-refractivity contribution in [2.24, 2.45) is 0 Å². The molecule has 1 aromatic carbocycles. The lowest BCUT2D eigenvalue weighted by molar-refractivity contribution is -0.146. The molecule has 0 spiro atoms. The molecule has 6 nitrogen and oxygen atoms in total. The zero-order chi connectivity index (χ0) is 14.4. The van der Waals surface area contributed by atoms with E-state index in [0.717, 1.165) is 0 Å². The Morgan fingerprint density at radius 3 is 2.32 bits per heavy atom. The highest BCUT2D eigenvalue weighted by atomic mass is 16.5. The number of phenols is 1. The van der Waals surface area contributed by atoms with Crippen molar-refractivity contribution in [3.05, 3.63) is 24.3 Å². The first-order chi connectivity index (χ1) is 8.90. The summed E-state index contributed by atoms with van der Waals surface area (Å²) in [6, 6.07) is 5.72. The minimum atomic E-state index is -1.06. The number of carboxylic acids is 1. The predicted octanol–water partition coefficient (Wildman–Crippen LogP) is 1.09. The lowest BCUT2D eigenvalue weighted by Crippen LogP contribution is -2.43. The van der Waals surface area contributed by atoms with Crippen LogP contribution >= 0.6 is 0 Å². The number of hydrogen-bond donors (Lipinski definition) is 2. The molecule has 2 N–H and O–H groups in total. The van der Waals surface area contributed by atoms with Crippen molar-refractivity contribution >= 4 is 11.9 Å². The lowest BCUT2D eigenvalue weighted by atomic mass is 10.3. The van der Waals surface area contributed by atoms with E-state index < -0.39 is 11.9 Å². The van der Waals surface area contributed by atoms with Gasteiger partial charge in [-0.3, -0.25) is 9.59 Å². The van der Waals surface area contributed by atoms with Crippen LogP contribution in [0, 0.1) is 0 Å². The van der Waals surface area contributed by atoms with Crippen molar-refractivity contribution in [1.82, 2.24) is 4.90 Å². The van der Waals surface area contributed by atoms with Crippen LogP contribution in [0.2, 0.25) is 0 Å². The highest BCUT2D eigenvalue weighted by Crippen LogP contribution is 2.16. The first-order valence-electron chi connectivity index (χ1n) is 5.83. The van der Waals surface area contributed by atoms with E-state index in [0.29, 0.717) is 5.75 Å². The van der Waals surface area contributed by atoms with Gasteiger partial charge < -0.3 is 19.8 Å². The third kappa shape index (κ3) is 4.87. The first kappa shape index (κ1) is 14.8. The number of benzene rings is 1. The fourth-order valence-electron chi connectivity index (χ4n) is 1.47. The minimum absolute atomic E-state index is 0.105. The lowest BCUT2D eigenvalue weighted by Gasteiger charge is -2.24. The highest BCUT2D eigenvalue weighted by molar-refractivity contribution is 5.82. The standard InChI is InChI=1S/C13H17NO5/c1-9(2)14(7-13(17)18)12(16)8-19-11-5-3-10(15)4-6-11/h3-6,9,15H,7-8H2,1-2H3,(H,17,18). The number of hydrogen-bond acceptors (Lipinski definition) is 4. The van der Waals surface area contributed by atoms with Crippen molar-refractivity contribution in [3.8, 4) is 11.5 Å². The Morgan fingerprint density at radius 2 is 1.84 bits per heavy atom. The number of ether oxygens (including phenoxy) is 1. The fourth-order valence-corrected chi connectivity index (χ4v) is 1.47. The number of carbonyl (C=O) groups excluding carboxylic acids is 1.